The monoisotopic (exact) mass is 504 g/mol. The van der Waals surface area contributed by atoms with Crippen molar-refractivity contribution < 1.29 is 30.7 Å². The molecule has 1 fully saturated rings. The molecule has 0 spiro atoms. The molecule has 34 heavy (non-hydrogen) atoms. The van der Waals surface area contributed by atoms with Crippen LogP contribution in [0.5, 0.6) is 0 Å². The smallest absolute Gasteiger partial charge is 0.377 e. The van der Waals surface area contributed by atoms with Crippen molar-refractivity contribution in [1.82, 2.24) is 9.97 Å². The van der Waals surface area contributed by atoms with Gasteiger partial charge in [-0.05, 0) is 29.5 Å². The Morgan fingerprint density at radius 1 is 1.18 bits per heavy atom. The number of ether oxygens (including phenoxy) is 1. The van der Waals surface area contributed by atoms with Gasteiger partial charge in [-0.3, -0.25) is 0 Å². The van der Waals surface area contributed by atoms with Gasteiger partial charge >= 0.3 is 6.18 Å². The van der Waals surface area contributed by atoms with Crippen LogP contribution in [0.3, 0.4) is 0 Å². The number of sulfone groups is 1. The first kappa shape index (κ1) is 26.1. The Labute approximate surface area is 196 Å². The van der Waals surface area contributed by atoms with E-state index in [2.05, 4.69) is 15.3 Å². The average Bonchev–Trinajstić information content (AvgIpc) is 2.76. The lowest BCUT2D eigenvalue weighted by Crippen LogP contribution is -2.40. The summed E-state index contributed by atoms with van der Waals surface area (Å²) in [5.41, 5.74) is -0.664. The van der Waals surface area contributed by atoms with Crippen LogP contribution >= 0.6 is 0 Å². The van der Waals surface area contributed by atoms with Crippen molar-refractivity contribution in [3.63, 3.8) is 0 Å². The third-order valence-corrected chi connectivity index (χ3v) is 6.62. The van der Waals surface area contributed by atoms with E-state index in [0.717, 1.165) is 12.1 Å². The molecule has 0 saturated carbocycles. The van der Waals surface area contributed by atoms with Gasteiger partial charge in [0.2, 0.25) is 5.82 Å². The summed E-state index contributed by atoms with van der Waals surface area (Å²) in [4.78, 5) is 9.73. The van der Waals surface area contributed by atoms with E-state index in [0.29, 0.717) is 25.1 Å². The summed E-state index contributed by atoms with van der Waals surface area (Å²) in [5, 5.41) is 2.94. The van der Waals surface area contributed by atoms with Gasteiger partial charge in [0.05, 0.1) is 30.6 Å². The summed E-state index contributed by atoms with van der Waals surface area (Å²) in [7, 11) is -3.12. The van der Waals surface area contributed by atoms with Gasteiger partial charge in [-0.15, -0.1) is 0 Å². The molecule has 0 amide bonds. The van der Waals surface area contributed by atoms with E-state index in [1.165, 1.54) is 24.7 Å². The zero-order chi connectivity index (χ0) is 25.1. The maximum Gasteiger partial charge on any atom is 0.416 e. The van der Waals surface area contributed by atoms with Gasteiger partial charge in [0.15, 0.2) is 11.6 Å². The van der Waals surface area contributed by atoms with Crippen molar-refractivity contribution >= 4 is 21.5 Å². The molecule has 188 valence electrons. The molecule has 1 saturated heterocycles. The molecule has 0 unspecified atom stereocenters. The van der Waals surface area contributed by atoms with Crippen molar-refractivity contribution in [1.29, 1.82) is 0 Å². The molecule has 3 rings (SSSR count). The Kier molecular flexibility index (Phi) is 7.71. The first-order valence-corrected chi connectivity index (χ1v) is 12.8. The fourth-order valence-electron chi connectivity index (χ4n) is 3.58. The predicted octanol–water partition coefficient (Wildman–Crippen LogP) is 4.09. The highest BCUT2D eigenvalue weighted by Gasteiger charge is 2.33. The first-order valence-electron chi connectivity index (χ1n) is 10.7. The van der Waals surface area contributed by atoms with E-state index in [1.54, 1.807) is 4.90 Å². The van der Waals surface area contributed by atoms with Crippen LogP contribution < -0.4 is 10.2 Å². The normalized spacial score (nSPS) is 17.6. The lowest BCUT2D eigenvalue weighted by molar-refractivity contribution is -0.137. The van der Waals surface area contributed by atoms with Gasteiger partial charge in [0.25, 0.3) is 0 Å². The standard InChI is InChI=1S/C22H28F4N4O3S/c1-21(2,8-11-34(3,31)32)13-27-19-18(23)20(29-14-28-19)30-9-10-33-12-17(30)15-4-6-16(7-5-15)22(24,25)26/h4-7,14,17H,8-13H2,1-3H3,(H,27,28,29)/t17-/m1/s1. The summed E-state index contributed by atoms with van der Waals surface area (Å²) < 4.78 is 82.6. The van der Waals surface area contributed by atoms with E-state index in [1.807, 2.05) is 13.8 Å². The van der Waals surface area contributed by atoms with Crippen molar-refractivity contribution in [2.45, 2.75) is 32.5 Å². The molecule has 7 nitrogen and oxygen atoms in total. The molecule has 0 radical (unpaired) electrons. The van der Waals surface area contributed by atoms with Crippen LogP contribution in [0.25, 0.3) is 0 Å². The summed E-state index contributed by atoms with van der Waals surface area (Å²) in [6, 6.07) is 4.17. The maximum absolute atomic E-state index is 15.4. The molecule has 0 aliphatic carbocycles. The third kappa shape index (κ3) is 6.78. The molecule has 1 aromatic heterocycles. The Morgan fingerprint density at radius 2 is 1.85 bits per heavy atom. The predicted molar refractivity (Wildman–Crippen MR) is 121 cm³/mol. The van der Waals surface area contributed by atoms with Crippen LogP contribution in [-0.4, -0.2) is 56.7 Å². The molecular weight excluding hydrogens is 476 g/mol. The second-order valence-corrected chi connectivity index (χ2v) is 11.4. The molecule has 0 bridgehead atoms. The number of hydrogen-bond donors (Lipinski definition) is 1. The maximum atomic E-state index is 15.4. The van der Waals surface area contributed by atoms with Crippen LogP contribution in [0, 0.1) is 11.2 Å². The van der Waals surface area contributed by atoms with E-state index in [4.69, 9.17) is 4.74 Å². The van der Waals surface area contributed by atoms with Gasteiger partial charge in [-0.1, -0.05) is 26.0 Å². The van der Waals surface area contributed by atoms with Crippen LogP contribution in [0.2, 0.25) is 0 Å². The zero-order valence-electron chi connectivity index (χ0n) is 19.2. The molecular formula is C22H28F4N4O3S. The molecule has 12 heteroatoms. The molecule has 2 heterocycles. The third-order valence-electron chi connectivity index (χ3n) is 5.68. The van der Waals surface area contributed by atoms with E-state index < -0.39 is 38.9 Å². The lowest BCUT2D eigenvalue weighted by Gasteiger charge is -2.37. The zero-order valence-corrected chi connectivity index (χ0v) is 20.0. The number of benzene rings is 1. The van der Waals surface area contributed by atoms with Crippen LogP contribution in [0.4, 0.5) is 29.2 Å². The fraction of sp³-hybridized carbons (Fsp3) is 0.545. The van der Waals surface area contributed by atoms with E-state index in [-0.39, 0.29) is 30.5 Å². The molecule has 1 aliphatic heterocycles. The highest BCUT2D eigenvalue weighted by molar-refractivity contribution is 7.90. The SMILES string of the molecule is CC(C)(CCS(C)(=O)=O)CNc1ncnc(N2CCOC[C@@H]2c2ccc(C(F)(F)F)cc2)c1F. The number of alkyl halides is 3. The van der Waals surface area contributed by atoms with Gasteiger partial charge in [0, 0.05) is 19.3 Å². The average molecular weight is 505 g/mol. The quantitative estimate of drug-likeness (QED) is 0.542. The second kappa shape index (κ2) is 10.0. The van der Waals surface area contributed by atoms with Gasteiger partial charge in [-0.25, -0.2) is 18.4 Å². The highest BCUT2D eigenvalue weighted by Crippen LogP contribution is 2.34. The number of hydrogen-bond acceptors (Lipinski definition) is 7. The van der Waals surface area contributed by atoms with Crippen molar-refractivity contribution in [2.75, 3.05) is 48.5 Å². The minimum absolute atomic E-state index is 0.0136. The summed E-state index contributed by atoms with van der Waals surface area (Å²) in [6.45, 7) is 4.78. The number of anilines is 2. The Morgan fingerprint density at radius 3 is 2.47 bits per heavy atom. The van der Waals surface area contributed by atoms with E-state index in [9.17, 15) is 21.6 Å². The molecule has 1 aromatic carbocycles. The summed E-state index contributed by atoms with van der Waals surface area (Å²) >= 11 is 0. The summed E-state index contributed by atoms with van der Waals surface area (Å²) in [6.07, 6.45) is -1.68. The van der Waals surface area contributed by atoms with Crippen molar-refractivity contribution in [3.8, 4) is 0 Å². The minimum atomic E-state index is -4.45. The number of aromatic nitrogens is 2. The Bertz CT molecular complexity index is 1090. The largest absolute Gasteiger partial charge is 0.416 e. The Balaban J connectivity index is 1.79. The minimum Gasteiger partial charge on any atom is -0.377 e. The highest BCUT2D eigenvalue weighted by atomic mass is 32.2. The molecule has 1 aliphatic rings. The molecule has 2 aromatic rings. The number of morpholine rings is 1. The van der Waals surface area contributed by atoms with E-state index >= 15 is 4.39 Å². The van der Waals surface area contributed by atoms with Gasteiger partial charge in [-0.2, -0.15) is 17.6 Å². The number of halogens is 4. The molecule has 1 atom stereocenters. The molecule has 1 N–H and O–H groups in total. The fourth-order valence-corrected chi connectivity index (χ4v) is 4.51. The lowest BCUT2D eigenvalue weighted by atomic mass is 9.90. The Hall–Kier alpha value is -2.47. The van der Waals surface area contributed by atoms with Crippen LogP contribution in [0.15, 0.2) is 30.6 Å². The van der Waals surface area contributed by atoms with Crippen molar-refractivity contribution in [2.24, 2.45) is 5.41 Å². The van der Waals surface area contributed by atoms with Gasteiger partial charge in [0.1, 0.15) is 16.2 Å². The number of nitrogens with one attached hydrogen (secondary N) is 1. The topological polar surface area (TPSA) is 84.4 Å². The summed E-state index contributed by atoms with van der Waals surface area (Å²) in [5.74, 6) is -0.697. The number of rotatable bonds is 8. The van der Waals surface area contributed by atoms with Crippen LogP contribution in [0.1, 0.15) is 37.4 Å². The van der Waals surface area contributed by atoms with Gasteiger partial charge < -0.3 is 15.0 Å². The number of nitrogens with zero attached hydrogens (tertiary/aromatic N) is 3. The van der Waals surface area contributed by atoms with Crippen LogP contribution in [-0.2, 0) is 20.8 Å². The first-order chi connectivity index (χ1) is 15.8. The second-order valence-electron chi connectivity index (χ2n) is 9.16. The van der Waals surface area contributed by atoms with Crippen molar-refractivity contribution in [3.05, 3.63) is 47.5 Å².